The van der Waals surface area contributed by atoms with E-state index in [0.29, 0.717) is 5.11 Å². The first-order valence-corrected chi connectivity index (χ1v) is 8.76. The lowest BCUT2D eigenvalue weighted by molar-refractivity contribution is 0.174. The molecular formula is C19H16N4O2S. The van der Waals surface area contributed by atoms with Gasteiger partial charge in [-0.1, -0.05) is 6.07 Å². The Kier molecular flexibility index (Phi) is 3.53. The zero-order valence-electron chi connectivity index (χ0n) is 13.8. The van der Waals surface area contributed by atoms with Crippen molar-refractivity contribution in [3.63, 3.8) is 0 Å². The van der Waals surface area contributed by atoms with Crippen molar-refractivity contribution in [1.29, 1.82) is 0 Å². The number of aromatic nitrogens is 2. The summed E-state index contributed by atoms with van der Waals surface area (Å²) in [4.78, 5) is 9.96. The second-order valence-corrected chi connectivity index (χ2v) is 6.55. The van der Waals surface area contributed by atoms with Crippen LogP contribution in [0.5, 0.6) is 11.5 Å². The van der Waals surface area contributed by atoms with Crippen LogP contribution in [0.1, 0.15) is 23.5 Å². The van der Waals surface area contributed by atoms with Crippen LogP contribution >= 0.6 is 12.2 Å². The van der Waals surface area contributed by atoms with E-state index >= 15 is 0 Å². The number of nitrogens with zero attached hydrogens (tertiary/aromatic N) is 2. The van der Waals surface area contributed by atoms with Crippen LogP contribution in [0, 0.1) is 0 Å². The third-order valence-electron chi connectivity index (χ3n) is 4.67. The van der Waals surface area contributed by atoms with Crippen LogP contribution in [-0.4, -0.2) is 21.9 Å². The molecule has 0 unspecified atom stereocenters. The lowest BCUT2D eigenvalue weighted by Crippen LogP contribution is -2.29. The van der Waals surface area contributed by atoms with Gasteiger partial charge in [0, 0.05) is 29.8 Å². The maximum absolute atomic E-state index is 5.68. The molecule has 4 heterocycles. The minimum absolute atomic E-state index is 0.0484. The monoisotopic (exact) mass is 364 g/mol. The Bertz CT molecular complexity index is 945. The van der Waals surface area contributed by atoms with E-state index in [-0.39, 0.29) is 18.9 Å². The average molecular weight is 364 g/mol. The van der Waals surface area contributed by atoms with Crippen molar-refractivity contribution in [2.24, 2.45) is 0 Å². The Morgan fingerprint density at radius 2 is 2.00 bits per heavy atom. The topological polar surface area (TPSA) is 62.4 Å². The number of anilines is 1. The molecule has 0 radical (unpaired) electrons. The molecule has 2 aliphatic heterocycles. The van der Waals surface area contributed by atoms with Gasteiger partial charge in [-0.25, -0.2) is 0 Å². The Hall–Kier alpha value is -3.06. The van der Waals surface area contributed by atoms with Crippen LogP contribution in [0.15, 0.2) is 60.9 Å². The molecule has 0 saturated carbocycles. The van der Waals surface area contributed by atoms with Gasteiger partial charge in [0.1, 0.15) is 6.04 Å². The summed E-state index contributed by atoms with van der Waals surface area (Å²) in [6.07, 6.45) is 3.72. The van der Waals surface area contributed by atoms with E-state index in [9.17, 15) is 0 Å². The number of pyridine rings is 1. The summed E-state index contributed by atoms with van der Waals surface area (Å²) < 4.78 is 11.0. The van der Waals surface area contributed by atoms with E-state index in [1.165, 1.54) is 0 Å². The summed E-state index contributed by atoms with van der Waals surface area (Å²) in [6.45, 7) is 0.248. The summed E-state index contributed by atoms with van der Waals surface area (Å²) in [5, 5.41) is 4.08. The number of hydrogen-bond donors (Lipinski definition) is 2. The number of aromatic amines is 1. The largest absolute Gasteiger partial charge is 0.454 e. The Morgan fingerprint density at radius 1 is 1.08 bits per heavy atom. The van der Waals surface area contributed by atoms with Gasteiger partial charge in [-0.05, 0) is 48.6 Å². The molecule has 26 heavy (non-hydrogen) atoms. The van der Waals surface area contributed by atoms with Crippen molar-refractivity contribution in [2.75, 3.05) is 11.7 Å². The molecule has 2 aliphatic rings. The summed E-state index contributed by atoms with van der Waals surface area (Å²) in [7, 11) is 0. The molecule has 2 aromatic heterocycles. The van der Waals surface area contributed by atoms with Gasteiger partial charge in [-0.3, -0.25) is 4.98 Å². The maximum Gasteiger partial charge on any atom is 0.231 e. The first kappa shape index (κ1) is 15.2. The van der Waals surface area contributed by atoms with Crippen LogP contribution in [-0.2, 0) is 0 Å². The lowest BCUT2D eigenvalue weighted by atomic mass is 10.0. The van der Waals surface area contributed by atoms with Crippen LogP contribution in [0.3, 0.4) is 0 Å². The summed E-state index contributed by atoms with van der Waals surface area (Å²) >= 11 is 5.68. The zero-order chi connectivity index (χ0) is 17.5. The van der Waals surface area contributed by atoms with Crippen molar-refractivity contribution >= 4 is 23.0 Å². The van der Waals surface area contributed by atoms with Crippen LogP contribution < -0.4 is 19.7 Å². The van der Waals surface area contributed by atoms with E-state index in [1.54, 1.807) is 6.20 Å². The number of fused-ring (bicyclic) bond motifs is 1. The maximum atomic E-state index is 5.68. The Morgan fingerprint density at radius 3 is 2.81 bits per heavy atom. The third-order valence-corrected chi connectivity index (χ3v) is 4.99. The third kappa shape index (κ3) is 2.40. The summed E-state index contributed by atoms with van der Waals surface area (Å²) in [5.74, 6) is 1.49. The second kappa shape index (κ2) is 6.03. The fourth-order valence-electron chi connectivity index (χ4n) is 3.51. The number of rotatable bonds is 3. The highest BCUT2D eigenvalue weighted by atomic mass is 32.1. The molecule has 2 N–H and O–H groups in total. The van der Waals surface area contributed by atoms with Gasteiger partial charge >= 0.3 is 0 Å². The molecule has 130 valence electrons. The first-order valence-electron chi connectivity index (χ1n) is 8.35. The van der Waals surface area contributed by atoms with Crippen molar-refractivity contribution in [2.45, 2.75) is 12.1 Å². The van der Waals surface area contributed by atoms with Crippen molar-refractivity contribution in [3.8, 4) is 11.5 Å². The van der Waals surface area contributed by atoms with Crippen LogP contribution in [0.25, 0.3) is 0 Å². The highest BCUT2D eigenvalue weighted by Crippen LogP contribution is 2.43. The molecular weight excluding hydrogens is 348 g/mol. The number of ether oxygens (including phenoxy) is 2. The SMILES string of the molecule is S=C1N[C@@H](c2ccccn2)[C@H](c2ccc[nH]2)N1c1ccc2c(c1)OCO2. The van der Waals surface area contributed by atoms with Crippen molar-refractivity contribution in [1.82, 2.24) is 15.3 Å². The van der Waals surface area contributed by atoms with Gasteiger partial charge in [0.05, 0.1) is 11.7 Å². The summed E-state index contributed by atoms with van der Waals surface area (Å²) in [5.41, 5.74) is 2.95. The highest BCUT2D eigenvalue weighted by molar-refractivity contribution is 7.80. The molecule has 6 nitrogen and oxygen atoms in total. The smallest absolute Gasteiger partial charge is 0.231 e. The van der Waals surface area contributed by atoms with E-state index in [4.69, 9.17) is 21.7 Å². The molecule has 0 bridgehead atoms. The molecule has 0 spiro atoms. The minimum Gasteiger partial charge on any atom is -0.454 e. The highest BCUT2D eigenvalue weighted by Gasteiger charge is 2.41. The van der Waals surface area contributed by atoms with E-state index in [0.717, 1.165) is 28.6 Å². The van der Waals surface area contributed by atoms with Crippen molar-refractivity contribution < 1.29 is 9.47 Å². The van der Waals surface area contributed by atoms with Crippen LogP contribution in [0.4, 0.5) is 5.69 Å². The number of benzene rings is 1. The molecule has 5 rings (SSSR count). The second-order valence-electron chi connectivity index (χ2n) is 6.16. The van der Waals surface area contributed by atoms with Gasteiger partial charge in [-0.15, -0.1) is 0 Å². The van der Waals surface area contributed by atoms with E-state index < -0.39 is 0 Å². The van der Waals surface area contributed by atoms with Gasteiger partial charge in [0.15, 0.2) is 16.6 Å². The van der Waals surface area contributed by atoms with E-state index in [1.807, 2.05) is 48.7 Å². The van der Waals surface area contributed by atoms with Crippen molar-refractivity contribution in [3.05, 3.63) is 72.3 Å². The average Bonchev–Trinajstić information content (AvgIpc) is 3.41. The standard InChI is InChI=1S/C19H16N4O2S/c26-19-22-17(13-4-1-2-8-20-13)18(14-5-3-9-21-14)23(19)12-6-7-15-16(10-12)25-11-24-15/h1-10,17-18,21H,11H2,(H,22,26)/t17-,18-/m0/s1. The van der Waals surface area contributed by atoms with Gasteiger partial charge in [0.2, 0.25) is 6.79 Å². The summed E-state index contributed by atoms with van der Waals surface area (Å²) in [6, 6.07) is 15.7. The van der Waals surface area contributed by atoms with Gasteiger partial charge in [0.25, 0.3) is 0 Å². The predicted octanol–water partition coefficient (Wildman–Crippen LogP) is 3.32. The Balaban J connectivity index is 1.60. The molecule has 0 amide bonds. The molecule has 1 fully saturated rings. The first-order chi connectivity index (χ1) is 12.8. The quantitative estimate of drug-likeness (QED) is 0.695. The number of hydrogen-bond acceptors (Lipinski definition) is 4. The number of thiocarbonyl (C=S) groups is 1. The number of nitrogens with one attached hydrogen (secondary N) is 2. The molecule has 2 atom stereocenters. The zero-order valence-corrected chi connectivity index (χ0v) is 14.6. The fourth-order valence-corrected chi connectivity index (χ4v) is 3.86. The fraction of sp³-hybridized carbons (Fsp3) is 0.158. The normalized spacial score (nSPS) is 21.1. The predicted molar refractivity (Wildman–Crippen MR) is 101 cm³/mol. The molecule has 7 heteroatoms. The van der Waals surface area contributed by atoms with Gasteiger partial charge in [-0.2, -0.15) is 0 Å². The lowest BCUT2D eigenvalue weighted by Gasteiger charge is -2.27. The molecule has 3 aromatic rings. The number of H-pyrrole nitrogens is 1. The Labute approximate surface area is 155 Å². The molecule has 1 aromatic carbocycles. The van der Waals surface area contributed by atoms with Crippen LogP contribution in [0.2, 0.25) is 0 Å². The molecule has 1 saturated heterocycles. The van der Waals surface area contributed by atoms with Gasteiger partial charge < -0.3 is 24.7 Å². The van der Waals surface area contributed by atoms with E-state index in [2.05, 4.69) is 26.3 Å². The molecule has 0 aliphatic carbocycles. The minimum atomic E-state index is -0.0622.